The molecule has 33 heavy (non-hydrogen) atoms. The van der Waals surface area contributed by atoms with Crippen molar-refractivity contribution in [2.45, 2.75) is 19.8 Å². The predicted molar refractivity (Wildman–Crippen MR) is 125 cm³/mol. The standard InChI is InChI=1S/C23H19ClN4O4S/c1-2-31-23(30)21-17(12-18(33-21)14-5-7-16(24)8-6-14)26-19(29)9-10-20-27-22(28-32-20)15-4-3-11-25-13-15/h3-8,11-13H,2,9-10H2,1H3,(H,26,29). The Labute approximate surface area is 198 Å². The number of aromatic nitrogens is 3. The molecule has 168 valence electrons. The van der Waals surface area contributed by atoms with Crippen LogP contribution in [0, 0.1) is 0 Å². The summed E-state index contributed by atoms with van der Waals surface area (Å²) in [5.74, 6) is -0.0338. The second kappa shape index (κ2) is 10.4. The lowest BCUT2D eigenvalue weighted by Crippen LogP contribution is -2.14. The molecular formula is C23H19ClN4O4S. The van der Waals surface area contributed by atoms with Crippen molar-refractivity contribution in [1.29, 1.82) is 0 Å². The van der Waals surface area contributed by atoms with E-state index in [2.05, 4.69) is 20.4 Å². The first-order valence-electron chi connectivity index (χ1n) is 10.1. The Balaban J connectivity index is 1.46. The first-order valence-corrected chi connectivity index (χ1v) is 11.3. The lowest BCUT2D eigenvalue weighted by atomic mass is 10.2. The van der Waals surface area contributed by atoms with Crippen LogP contribution < -0.4 is 5.32 Å². The van der Waals surface area contributed by atoms with E-state index in [-0.39, 0.29) is 25.4 Å². The maximum atomic E-state index is 12.6. The van der Waals surface area contributed by atoms with Crippen LogP contribution in [0.1, 0.15) is 28.9 Å². The maximum Gasteiger partial charge on any atom is 0.350 e. The van der Waals surface area contributed by atoms with E-state index in [1.165, 1.54) is 11.3 Å². The Morgan fingerprint density at radius 3 is 2.73 bits per heavy atom. The quantitative estimate of drug-likeness (QED) is 0.341. The third-order valence-electron chi connectivity index (χ3n) is 4.55. The molecule has 0 spiro atoms. The third-order valence-corrected chi connectivity index (χ3v) is 5.97. The van der Waals surface area contributed by atoms with Crippen LogP contribution in [-0.2, 0) is 16.0 Å². The van der Waals surface area contributed by atoms with Crippen molar-refractivity contribution in [3.8, 4) is 21.8 Å². The molecule has 0 atom stereocenters. The van der Waals surface area contributed by atoms with Gasteiger partial charge >= 0.3 is 5.97 Å². The molecule has 3 aromatic heterocycles. The van der Waals surface area contributed by atoms with E-state index in [1.54, 1.807) is 43.6 Å². The molecule has 0 saturated carbocycles. The summed E-state index contributed by atoms with van der Waals surface area (Å²) in [6.45, 7) is 1.96. The SMILES string of the molecule is CCOC(=O)c1sc(-c2ccc(Cl)cc2)cc1NC(=O)CCc1nc(-c2cccnc2)no1. The lowest BCUT2D eigenvalue weighted by Gasteiger charge is -2.05. The minimum atomic E-state index is -0.490. The predicted octanol–water partition coefficient (Wildman–Crippen LogP) is 5.26. The van der Waals surface area contributed by atoms with E-state index >= 15 is 0 Å². The molecule has 0 unspecified atom stereocenters. The van der Waals surface area contributed by atoms with E-state index in [0.29, 0.717) is 27.3 Å². The summed E-state index contributed by atoms with van der Waals surface area (Å²) in [7, 11) is 0. The molecule has 3 heterocycles. The van der Waals surface area contributed by atoms with E-state index < -0.39 is 5.97 Å². The van der Waals surface area contributed by atoms with E-state index in [4.69, 9.17) is 20.9 Å². The summed E-state index contributed by atoms with van der Waals surface area (Å²) in [5.41, 5.74) is 2.00. The van der Waals surface area contributed by atoms with Crippen LogP contribution in [0.2, 0.25) is 5.02 Å². The number of ether oxygens (including phenoxy) is 1. The van der Waals surface area contributed by atoms with Crippen molar-refractivity contribution >= 4 is 40.5 Å². The van der Waals surface area contributed by atoms with Gasteiger partial charge in [0.1, 0.15) is 4.88 Å². The number of hydrogen-bond acceptors (Lipinski definition) is 8. The van der Waals surface area contributed by atoms with Crippen molar-refractivity contribution in [2.24, 2.45) is 0 Å². The van der Waals surface area contributed by atoms with Gasteiger partial charge in [-0.1, -0.05) is 28.9 Å². The number of pyridine rings is 1. The van der Waals surface area contributed by atoms with Crippen LogP contribution in [0.5, 0.6) is 0 Å². The van der Waals surface area contributed by atoms with Gasteiger partial charge < -0.3 is 14.6 Å². The maximum absolute atomic E-state index is 12.6. The number of nitrogens with zero attached hydrogens (tertiary/aromatic N) is 3. The fourth-order valence-electron chi connectivity index (χ4n) is 2.99. The number of benzene rings is 1. The van der Waals surface area contributed by atoms with Gasteiger partial charge in [-0.25, -0.2) is 4.79 Å². The second-order valence-corrected chi connectivity index (χ2v) is 8.37. The van der Waals surface area contributed by atoms with Gasteiger partial charge in [-0.15, -0.1) is 11.3 Å². The minimum absolute atomic E-state index is 0.100. The largest absolute Gasteiger partial charge is 0.462 e. The number of carbonyl (C=O) groups excluding carboxylic acids is 2. The van der Waals surface area contributed by atoms with E-state index in [1.807, 2.05) is 18.2 Å². The highest BCUT2D eigenvalue weighted by molar-refractivity contribution is 7.18. The van der Waals surface area contributed by atoms with Crippen LogP contribution in [0.3, 0.4) is 0 Å². The van der Waals surface area contributed by atoms with E-state index in [9.17, 15) is 9.59 Å². The Hall–Kier alpha value is -3.56. The zero-order chi connectivity index (χ0) is 23.2. The Bertz CT molecular complexity index is 1260. The zero-order valence-electron chi connectivity index (χ0n) is 17.6. The van der Waals surface area contributed by atoms with Gasteiger partial charge in [-0.2, -0.15) is 4.98 Å². The average Bonchev–Trinajstić information content (AvgIpc) is 3.47. The molecule has 0 aliphatic carbocycles. The molecule has 1 aromatic carbocycles. The van der Waals surface area contributed by atoms with Gasteiger partial charge in [0.15, 0.2) is 0 Å². The molecule has 0 bridgehead atoms. The molecule has 0 saturated heterocycles. The lowest BCUT2D eigenvalue weighted by molar-refractivity contribution is -0.116. The number of halogens is 1. The molecule has 4 aromatic rings. The van der Waals surface area contributed by atoms with Gasteiger partial charge in [-0.3, -0.25) is 9.78 Å². The van der Waals surface area contributed by atoms with Crippen LogP contribution in [0.25, 0.3) is 21.8 Å². The van der Waals surface area contributed by atoms with Crippen LogP contribution in [0.4, 0.5) is 5.69 Å². The molecule has 1 N–H and O–H groups in total. The number of esters is 1. The monoisotopic (exact) mass is 482 g/mol. The average molecular weight is 483 g/mol. The summed E-state index contributed by atoms with van der Waals surface area (Å²) in [6.07, 6.45) is 3.64. The molecule has 0 aliphatic rings. The number of nitrogens with one attached hydrogen (secondary N) is 1. The Morgan fingerprint density at radius 2 is 2.00 bits per heavy atom. The first kappa shape index (κ1) is 22.6. The van der Waals surface area contributed by atoms with Crippen LogP contribution in [0.15, 0.2) is 59.4 Å². The molecule has 1 amide bonds. The number of hydrogen-bond donors (Lipinski definition) is 1. The molecule has 0 fully saturated rings. The van der Waals surface area contributed by atoms with Gasteiger partial charge in [-0.05, 0) is 42.8 Å². The first-order chi connectivity index (χ1) is 16.0. The third kappa shape index (κ3) is 5.63. The van der Waals surface area contributed by atoms with Gasteiger partial charge in [0.25, 0.3) is 0 Å². The van der Waals surface area contributed by atoms with Crippen molar-refractivity contribution < 1.29 is 18.8 Å². The normalized spacial score (nSPS) is 10.7. The number of anilines is 1. The van der Waals surface area contributed by atoms with E-state index in [0.717, 1.165) is 16.0 Å². The number of rotatable bonds is 8. The summed E-state index contributed by atoms with van der Waals surface area (Å²) < 4.78 is 10.4. The number of aryl methyl sites for hydroxylation is 1. The van der Waals surface area contributed by atoms with Crippen LogP contribution in [-0.4, -0.2) is 33.6 Å². The van der Waals surface area contributed by atoms with Gasteiger partial charge in [0.05, 0.1) is 12.3 Å². The van der Waals surface area contributed by atoms with Crippen molar-refractivity contribution in [3.05, 3.63) is 70.6 Å². The van der Waals surface area contributed by atoms with Crippen molar-refractivity contribution in [2.75, 3.05) is 11.9 Å². The Kier molecular flexibility index (Phi) is 7.11. The fourth-order valence-corrected chi connectivity index (χ4v) is 4.13. The fraction of sp³-hybridized carbons (Fsp3) is 0.174. The van der Waals surface area contributed by atoms with Crippen LogP contribution >= 0.6 is 22.9 Å². The summed E-state index contributed by atoms with van der Waals surface area (Å²) >= 11 is 7.21. The van der Waals surface area contributed by atoms with Crippen molar-refractivity contribution in [3.63, 3.8) is 0 Å². The topological polar surface area (TPSA) is 107 Å². The number of amides is 1. The summed E-state index contributed by atoms with van der Waals surface area (Å²) in [5, 5.41) is 7.34. The number of thiophene rings is 1. The zero-order valence-corrected chi connectivity index (χ0v) is 19.2. The molecule has 0 aliphatic heterocycles. The molecular weight excluding hydrogens is 464 g/mol. The summed E-state index contributed by atoms with van der Waals surface area (Å²) in [6, 6.07) is 12.6. The second-order valence-electron chi connectivity index (χ2n) is 6.88. The Morgan fingerprint density at radius 1 is 1.18 bits per heavy atom. The van der Waals surface area contributed by atoms with Gasteiger partial charge in [0, 0.05) is 40.7 Å². The smallest absolute Gasteiger partial charge is 0.350 e. The molecule has 4 rings (SSSR count). The highest BCUT2D eigenvalue weighted by Gasteiger charge is 2.20. The number of carbonyl (C=O) groups is 2. The minimum Gasteiger partial charge on any atom is -0.462 e. The molecule has 0 radical (unpaired) electrons. The highest BCUT2D eigenvalue weighted by atomic mass is 35.5. The van der Waals surface area contributed by atoms with Gasteiger partial charge in [0.2, 0.25) is 17.6 Å². The molecule has 10 heteroatoms. The van der Waals surface area contributed by atoms with Crippen molar-refractivity contribution in [1.82, 2.24) is 15.1 Å². The highest BCUT2D eigenvalue weighted by Crippen LogP contribution is 2.36. The summed E-state index contributed by atoms with van der Waals surface area (Å²) in [4.78, 5) is 34.5. The molecule has 8 nitrogen and oxygen atoms in total.